The molecule has 0 saturated heterocycles. The second kappa shape index (κ2) is 5.73. The number of benzene rings is 2. The largest absolute Gasteiger partial charge is 0.363 e. The summed E-state index contributed by atoms with van der Waals surface area (Å²) in [7, 11) is 0. The Balaban J connectivity index is 1.90. The van der Waals surface area contributed by atoms with E-state index in [0.29, 0.717) is 22.4 Å². The maximum Gasteiger partial charge on any atom is 0.285 e. The van der Waals surface area contributed by atoms with Gasteiger partial charge in [-0.15, -0.1) is 0 Å². The lowest BCUT2D eigenvalue weighted by Crippen LogP contribution is -2.29. The molecule has 1 atom stereocenters. The average molecular weight is 322 g/mol. The normalized spacial score (nSPS) is 14.5. The van der Waals surface area contributed by atoms with Crippen LogP contribution < -0.4 is 10.6 Å². The molecule has 0 aliphatic carbocycles. The lowest BCUT2D eigenvalue weighted by Gasteiger charge is -2.15. The molecule has 0 fully saturated rings. The number of hydrogen-bond acceptors (Lipinski definition) is 4. The van der Waals surface area contributed by atoms with Gasteiger partial charge < -0.3 is 5.73 Å². The molecule has 1 aliphatic heterocycles. The number of ketones is 1. The predicted molar refractivity (Wildman–Crippen MR) is 86.6 cm³/mol. The third-order valence-corrected chi connectivity index (χ3v) is 4.08. The molecule has 0 bridgehead atoms. The molecule has 0 radical (unpaired) electrons. The highest BCUT2D eigenvalue weighted by Gasteiger charge is 2.36. The average Bonchev–Trinajstić information content (AvgIpc) is 2.85. The van der Waals surface area contributed by atoms with Gasteiger partial charge in [0.05, 0.1) is 16.8 Å². The zero-order valence-electron chi connectivity index (χ0n) is 12.9. The van der Waals surface area contributed by atoms with Crippen molar-refractivity contribution in [2.45, 2.75) is 12.8 Å². The van der Waals surface area contributed by atoms with Crippen molar-refractivity contribution < 1.29 is 19.2 Å². The van der Waals surface area contributed by atoms with Gasteiger partial charge in [0.1, 0.15) is 0 Å². The summed E-state index contributed by atoms with van der Waals surface area (Å²) < 4.78 is 0. The molecule has 1 aliphatic rings. The fraction of sp³-hybridized carbons (Fsp3) is 0.111. The number of fused-ring (bicyclic) bond motifs is 1. The van der Waals surface area contributed by atoms with Gasteiger partial charge in [0.2, 0.25) is 5.78 Å². The molecule has 0 aromatic heterocycles. The van der Waals surface area contributed by atoms with Crippen LogP contribution in [0.5, 0.6) is 0 Å². The van der Waals surface area contributed by atoms with Crippen LogP contribution >= 0.6 is 0 Å². The van der Waals surface area contributed by atoms with Gasteiger partial charge in [0, 0.05) is 5.92 Å². The van der Waals surface area contributed by atoms with Crippen molar-refractivity contribution in [1.29, 1.82) is 0 Å². The molecule has 2 aromatic carbocycles. The molecule has 3 rings (SSSR count). The topological polar surface area (TPSA) is 97.5 Å². The molecule has 6 nitrogen and oxygen atoms in total. The van der Waals surface area contributed by atoms with Gasteiger partial charge in [0.25, 0.3) is 17.7 Å². The van der Waals surface area contributed by atoms with E-state index in [-0.39, 0.29) is 11.8 Å². The van der Waals surface area contributed by atoms with Gasteiger partial charge in [-0.05, 0) is 29.8 Å². The van der Waals surface area contributed by atoms with Crippen molar-refractivity contribution in [3.05, 3.63) is 65.2 Å². The Morgan fingerprint density at radius 3 is 1.88 bits per heavy atom. The number of carbonyl (C=O) groups excluding carboxylic acids is 4. The molecule has 2 N–H and O–H groups in total. The number of nitrogens with zero attached hydrogens (tertiary/aromatic N) is 1. The molecule has 24 heavy (non-hydrogen) atoms. The number of rotatable bonds is 4. The molecule has 6 heteroatoms. The monoisotopic (exact) mass is 322 g/mol. The first kappa shape index (κ1) is 15.6. The highest BCUT2D eigenvalue weighted by Crippen LogP contribution is 2.29. The summed E-state index contributed by atoms with van der Waals surface area (Å²) in [5, 5.41) is 0. The van der Waals surface area contributed by atoms with E-state index in [1.165, 1.54) is 0 Å². The van der Waals surface area contributed by atoms with Gasteiger partial charge in [-0.25, -0.2) is 4.90 Å². The number of amides is 3. The lowest BCUT2D eigenvalue weighted by molar-refractivity contribution is -0.136. The van der Waals surface area contributed by atoms with Crippen LogP contribution in [-0.2, 0) is 9.59 Å². The Kier molecular flexibility index (Phi) is 3.73. The summed E-state index contributed by atoms with van der Waals surface area (Å²) in [6.45, 7) is 1.57. The van der Waals surface area contributed by atoms with E-state index in [1.807, 2.05) is 0 Å². The number of hydrogen-bond donors (Lipinski definition) is 1. The van der Waals surface area contributed by atoms with Crippen molar-refractivity contribution in [2.75, 3.05) is 4.90 Å². The van der Waals surface area contributed by atoms with E-state index in [2.05, 4.69) is 0 Å². The van der Waals surface area contributed by atoms with Crippen LogP contribution in [0.15, 0.2) is 48.5 Å². The summed E-state index contributed by atoms with van der Waals surface area (Å²) in [4.78, 5) is 48.5. The molecular formula is C18H14N2O4. The maximum atomic E-state index is 12.4. The summed E-state index contributed by atoms with van der Waals surface area (Å²) in [5.41, 5.74) is 6.72. The van der Waals surface area contributed by atoms with E-state index in [1.54, 1.807) is 55.5 Å². The van der Waals surface area contributed by atoms with Crippen molar-refractivity contribution >= 4 is 29.2 Å². The van der Waals surface area contributed by atoms with E-state index in [0.717, 1.165) is 4.90 Å². The smallest absolute Gasteiger partial charge is 0.285 e. The summed E-state index contributed by atoms with van der Waals surface area (Å²) in [5.74, 6) is -3.14. The SMILES string of the molecule is CC(C(=O)C(N)=O)c1ccc(N2C(=O)c3ccccc3C2=O)cc1. The zero-order valence-corrected chi connectivity index (χ0v) is 12.9. The van der Waals surface area contributed by atoms with Crippen molar-refractivity contribution in [2.24, 2.45) is 5.73 Å². The van der Waals surface area contributed by atoms with Gasteiger partial charge >= 0.3 is 0 Å². The molecule has 2 aromatic rings. The van der Waals surface area contributed by atoms with Crippen LogP contribution in [0.2, 0.25) is 0 Å². The number of primary amides is 1. The number of Topliss-reactive ketones (excluding diaryl/α,β-unsaturated/α-hetero) is 1. The predicted octanol–water partition coefficient (Wildman–Crippen LogP) is 1.65. The Bertz CT molecular complexity index is 836. The standard InChI is InChI=1S/C18H14N2O4/c1-10(15(21)16(19)22)11-6-8-12(9-7-11)20-17(23)13-4-2-3-5-14(13)18(20)24/h2-10H,1H3,(H2,19,22). The number of nitrogens with two attached hydrogens (primary N) is 1. The molecule has 1 unspecified atom stereocenters. The Labute approximate surface area is 137 Å². The maximum absolute atomic E-state index is 12.4. The number of anilines is 1. The Morgan fingerprint density at radius 1 is 0.917 bits per heavy atom. The van der Waals surface area contributed by atoms with Gasteiger partial charge in [-0.1, -0.05) is 31.2 Å². The van der Waals surface area contributed by atoms with Crippen LogP contribution in [0.1, 0.15) is 39.1 Å². The van der Waals surface area contributed by atoms with Crippen molar-refractivity contribution in [3.8, 4) is 0 Å². The second-order valence-corrected chi connectivity index (χ2v) is 5.53. The van der Waals surface area contributed by atoms with E-state index >= 15 is 0 Å². The summed E-state index contributed by atoms with van der Waals surface area (Å²) in [6, 6.07) is 13.0. The van der Waals surface area contributed by atoms with E-state index in [9.17, 15) is 19.2 Å². The third-order valence-electron chi connectivity index (χ3n) is 4.08. The van der Waals surface area contributed by atoms with Crippen molar-refractivity contribution in [3.63, 3.8) is 0 Å². The fourth-order valence-corrected chi connectivity index (χ4v) is 2.70. The first-order valence-electron chi connectivity index (χ1n) is 7.33. The van der Waals surface area contributed by atoms with Crippen molar-refractivity contribution in [1.82, 2.24) is 0 Å². The van der Waals surface area contributed by atoms with Crippen LogP contribution in [-0.4, -0.2) is 23.5 Å². The first-order chi connectivity index (χ1) is 11.4. The Morgan fingerprint density at radius 2 is 1.42 bits per heavy atom. The molecular weight excluding hydrogens is 308 g/mol. The van der Waals surface area contributed by atoms with Crippen LogP contribution in [0.4, 0.5) is 5.69 Å². The van der Waals surface area contributed by atoms with Gasteiger partial charge in [0.15, 0.2) is 0 Å². The van der Waals surface area contributed by atoms with Gasteiger partial charge in [-0.3, -0.25) is 19.2 Å². The highest BCUT2D eigenvalue weighted by atomic mass is 16.2. The zero-order chi connectivity index (χ0) is 17.4. The lowest BCUT2D eigenvalue weighted by atomic mass is 9.96. The minimum absolute atomic E-state index is 0.365. The fourth-order valence-electron chi connectivity index (χ4n) is 2.70. The molecule has 0 saturated carbocycles. The first-order valence-corrected chi connectivity index (χ1v) is 7.33. The minimum Gasteiger partial charge on any atom is -0.363 e. The molecule has 3 amide bonds. The second-order valence-electron chi connectivity index (χ2n) is 5.53. The van der Waals surface area contributed by atoms with E-state index in [4.69, 9.17) is 5.73 Å². The minimum atomic E-state index is -0.994. The number of imide groups is 1. The Hall–Kier alpha value is -3.28. The summed E-state index contributed by atoms with van der Waals surface area (Å²) >= 11 is 0. The molecule has 1 heterocycles. The van der Waals surface area contributed by atoms with Gasteiger partial charge in [-0.2, -0.15) is 0 Å². The third kappa shape index (κ3) is 2.38. The summed E-state index contributed by atoms with van der Waals surface area (Å²) in [6.07, 6.45) is 0. The van der Waals surface area contributed by atoms with E-state index < -0.39 is 17.6 Å². The highest BCUT2D eigenvalue weighted by molar-refractivity contribution is 6.37. The van der Waals surface area contributed by atoms with Crippen LogP contribution in [0.3, 0.4) is 0 Å². The van der Waals surface area contributed by atoms with Crippen LogP contribution in [0, 0.1) is 0 Å². The number of carbonyl (C=O) groups is 4. The molecule has 0 spiro atoms. The molecule has 120 valence electrons. The quantitative estimate of drug-likeness (QED) is 0.683. The van der Waals surface area contributed by atoms with Crippen LogP contribution in [0.25, 0.3) is 0 Å².